The summed E-state index contributed by atoms with van der Waals surface area (Å²) in [6, 6.07) is 0.352. The zero-order valence-electron chi connectivity index (χ0n) is 11.4. The molecule has 1 atom stereocenters. The zero-order valence-corrected chi connectivity index (χ0v) is 12.2. The fourth-order valence-electron chi connectivity index (χ4n) is 2.77. The van der Waals surface area contributed by atoms with Crippen LogP contribution in [0.15, 0.2) is 0 Å². The summed E-state index contributed by atoms with van der Waals surface area (Å²) in [5, 5.41) is 6.39. The number of carbonyl (C=O) groups is 1. The molecule has 3 nitrogen and oxygen atoms in total. The maximum Gasteiger partial charge on any atom is 0.234 e. The first-order chi connectivity index (χ1) is 8.25. The van der Waals surface area contributed by atoms with Gasteiger partial charge < -0.3 is 10.6 Å². The minimum atomic E-state index is 0. The molecule has 0 bridgehead atoms. The minimum absolute atomic E-state index is 0. The van der Waals surface area contributed by atoms with Crippen molar-refractivity contribution in [3.63, 3.8) is 0 Å². The molecular formula is C14H27ClN2O. The molecule has 0 aromatic carbocycles. The number of carbonyl (C=O) groups excluding carboxylic acids is 1. The summed E-state index contributed by atoms with van der Waals surface area (Å²) in [6.45, 7) is 3.67. The highest BCUT2D eigenvalue weighted by Crippen LogP contribution is 2.27. The van der Waals surface area contributed by atoms with Gasteiger partial charge >= 0.3 is 0 Å². The third-order valence-electron chi connectivity index (χ3n) is 4.16. The fourth-order valence-corrected chi connectivity index (χ4v) is 2.77. The van der Waals surface area contributed by atoms with E-state index in [9.17, 15) is 4.79 Å². The third-order valence-corrected chi connectivity index (χ3v) is 4.16. The molecule has 2 aliphatic rings. The molecule has 2 saturated carbocycles. The first-order valence-electron chi connectivity index (χ1n) is 7.26. The van der Waals surface area contributed by atoms with Gasteiger partial charge in [0, 0.05) is 6.04 Å². The van der Waals surface area contributed by atoms with Gasteiger partial charge in [0.25, 0.3) is 0 Å². The van der Waals surface area contributed by atoms with Gasteiger partial charge in [-0.15, -0.1) is 12.4 Å². The van der Waals surface area contributed by atoms with E-state index in [1.165, 1.54) is 44.9 Å². The van der Waals surface area contributed by atoms with E-state index >= 15 is 0 Å². The summed E-state index contributed by atoms with van der Waals surface area (Å²) < 4.78 is 0. The van der Waals surface area contributed by atoms with Crippen LogP contribution in [0, 0.1) is 11.8 Å². The van der Waals surface area contributed by atoms with E-state index in [-0.39, 0.29) is 18.3 Å². The number of hydrogen-bond acceptors (Lipinski definition) is 2. The Morgan fingerprint density at radius 3 is 2.44 bits per heavy atom. The van der Waals surface area contributed by atoms with Crippen LogP contribution in [-0.2, 0) is 4.79 Å². The number of nitrogens with one attached hydrogen (secondary N) is 2. The van der Waals surface area contributed by atoms with Crippen LogP contribution >= 0.6 is 12.4 Å². The standard InChI is InChI=1S/C14H26N2O.ClH/c1-11(13-5-3-2-4-6-13)16-14(17)10-15-9-12-7-8-12;/h11-13,15H,2-10H2,1H3,(H,16,17);1H. The molecule has 0 radical (unpaired) electrons. The fraction of sp³-hybridized carbons (Fsp3) is 0.929. The number of amides is 1. The second-order valence-electron chi connectivity index (χ2n) is 5.83. The maximum absolute atomic E-state index is 11.7. The van der Waals surface area contributed by atoms with Gasteiger partial charge in [-0.25, -0.2) is 0 Å². The molecule has 2 rings (SSSR count). The van der Waals surface area contributed by atoms with E-state index in [4.69, 9.17) is 0 Å². The highest BCUT2D eigenvalue weighted by atomic mass is 35.5. The van der Waals surface area contributed by atoms with E-state index in [1.807, 2.05) is 0 Å². The van der Waals surface area contributed by atoms with E-state index < -0.39 is 0 Å². The van der Waals surface area contributed by atoms with E-state index in [1.54, 1.807) is 0 Å². The Morgan fingerprint density at radius 1 is 1.17 bits per heavy atom. The van der Waals surface area contributed by atoms with Crippen molar-refractivity contribution in [2.45, 2.75) is 57.9 Å². The van der Waals surface area contributed by atoms with Crippen LogP contribution in [0.3, 0.4) is 0 Å². The van der Waals surface area contributed by atoms with E-state index in [0.29, 0.717) is 18.5 Å². The van der Waals surface area contributed by atoms with Gasteiger partial charge in [0.1, 0.15) is 0 Å². The molecule has 2 N–H and O–H groups in total. The highest BCUT2D eigenvalue weighted by molar-refractivity contribution is 5.85. The van der Waals surface area contributed by atoms with Crippen molar-refractivity contribution in [1.82, 2.24) is 10.6 Å². The van der Waals surface area contributed by atoms with Crippen LogP contribution in [0.2, 0.25) is 0 Å². The van der Waals surface area contributed by atoms with E-state index in [0.717, 1.165) is 12.5 Å². The Kier molecular flexibility index (Phi) is 7.02. The highest BCUT2D eigenvalue weighted by Gasteiger charge is 2.22. The van der Waals surface area contributed by atoms with Crippen LogP contribution in [0.25, 0.3) is 0 Å². The van der Waals surface area contributed by atoms with Crippen molar-refractivity contribution in [2.75, 3.05) is 13.1 Å². The Morgan fingerprint density at radius 2 is 1.83 bits per heavy atom. The zero-order chi connectivity index (χ0) is 12.1. The summed E-state index contributed by atoms with van der Waals surface area (Å²) in [6.07, 6.45) is 9.31. The molecule has 0 spiro atoms. The van der Waals surface area contributed by atoms with Gasteiger partial charge in [0.05, 0.1) is 6.54 Å². The Hall–Kier alpha value is -0.280. The molecule has 0 aliphatic heterocycles. The molecule has 1 unspecified atom stereocenters. The normalized spacial score (nSPS) is 22.1. The van der Waals surface area contributed by atoms with Gasteiger partial charge in [0.2, 0.25) is 5.91 Å². The van der Waals surface area contributed by atoms with Gasteiger partial charge in [-0.2, -0.15) is 0 Å². The topological polar surface area (TPSA) is 41.1 Å². The quantitative estimate of drug-likeness (QED) is 0.781. The lowest BCUT2D eigenvalue weighted by Gasteiger charge is -2.28. The summed E-state index contributed by atoms with van der Waals surface area (Å²) in [7, 11) is 0. The second kappa shape index (κ2) is 8.00. The summed E-state index contributed by atoms with van der Waals surface area (Å²) in [5.74, 6) is 1.72. The van der Waals surface area contributed by atoms with Crippen LogP contribution < -0.4 is 10.6 Å². The molecule has 0 saturated heterocycles. The SMILES string of the molecule is CC(NC(=O)CNCC1CC1)C1CCCCC1.Cl. The predicted molar refractivity (Wildman–Crippen MR) is 77.0 cm³/mol. The smallest absolute Gasteiger partial charge is 0.234 e. The molecule has 1 amide bonds. The molecule has 0 aromatic heterocycles. The number of hydrogen-bond donors (Lipinski definition) is 2. The summed E-state index contributed by atoms with van der Waals surface area (Å²) in [5.41, 5.74) is 0. The lowest BCUT2D eigenvalue weighted by atomic mass is 9.84. The van der Waals surface area contributed by atoms with Crippen LogP contribution in [0.5, 0.6) is 0 Å². The molecule has 0 aromatic rings. The van der Waals surface area contributed by atoms with Crippen LogP contribution in [0.4, 0.5) is 0 Å². The first-order valence-corrected chi connectivity index (χ1v) is 7.26. The molecular weight excluding hydrogens is 248 g/mol. The summed E-state index contributed by atoms with van der Waals surface area (Å²) >= 11 is 0. The van der Waals surface area contributed by atoms with Gasteiger partial charge in [-0.1, -0.05) is 19.3 Å². The molecule has 106 valence electrons. The van der Waals surface area contributed by atoms with E-state index in [2.05, 4.69) is 17.6 Å². The first kappa shape index (κ1) is 15.8. The molecule has 4 heteroatoms. The largest absolute Gasteiger partial charge is 0.352 e. The summed E-state index contributed by atoms with van der Waals surface area (Å²) in [4.78, 5) is 11.7. The monoisotopic (exact) mass is 274 g/mol. The van der Waals surface area contributed by atoms with Crippen LogP contribution in [-0.4, -0.2) is 25.0 Å². The predicted octanol–water partition coefficient (Wildman–Crippen LogP) is 2.49. The van der Waals surface area contributed by atoms with Crippen molar-refractivity contribution in [3.05, 3.63) is 0 Å². The lowest BCUT2D eigenvalue weighted by molar-refractivity contribution is -0.121. The van der Waals surface area contributed by atoms with Crippen molar-refractivity contribution >= 4 is 18.3 Å². The molecule has 2 fully saturated rings. The average Bonchev–Trinajstić information content (AvgIpc) is 3.14. The Bertz CT molecular complexity index is 250. The Balaban J connectivity index is 0.00000162. The lowest BCUT2D eigenvalue weighted by Crippen LogP contribution is -2.43. The van der Waals surface area contributed by atoms with Gasteiger partial charge in [0.15, 0.2) is 0 Å². The molecule has 2 aliphatic carbocycles. The maximum atomic E-state index is 11.7. The van der Waals surface area contributed by atoms with Crippen LogP contribution in [0.1, 0.15) is 51.9 Å². The number of halogens is 1. The van der Waals surface area contributed by atoms with Gasteiger partial charge in [-0.3, -0.25) is 4.79 Å². The van der Waals surface area contributed by atoms with Crippen molar-refractivity contribution < 1.29 is 4.79 Å². The number of rotatable bonds is 6. The average molecular weight is 275 g/mol. The minimum Gasteiger partial charge on any atom is -0.352 e. The van der Waals surface area contributed by atoms with Crippen molar-refractivity contribution in [3.8, 4) is 0 Å². The van der Waals surface area contributed by atoms with Gasteiger partial charge in [-0.05, 0) is 51.0 Å². The molecule has 18 heavy (non-hydrogen) atoms. The van der Waals surface area contributed by atoms with Crippen molar-refractivity contribution in [2.24, 2.45) is 11.8 Å². The molecule has 0 heterocycles. The Labute approximate surface area is 117 Å². The van der Waals surface area contributed by atoms with Crippen molar-refractivity contribution in [1.29, 1.82) is 0 Å². The second-order valence-corrected chi connectivity index (χ2v) is 5.83. The third kappa shape index (κ3) is 5.57.